The van der Waals surface area contributed by atoms with Gasteiger partial charge in [-0.15, -0.1) is 0 Å². The van der Waals surface area contributed by atoms with Gasteiger partial charge in [0.2, 0.25) is 0 Å². The normalized spacial score (nSPS) is 11.6. The lowest BCUT2D eigenvalue weighted by atomic mass is 10.0. The van der Waals surface area contributed by atoms with E-state index in [4.69, 9.17) is 9.57 Å². The molecule has 41 heavy (non-hydrogen) atoms. The molecule has 0 aliphatic carbocycles. The molecule has 0 atom stereocenters. The van der Waals surface area contributed by atoms with Gasteiger partial charge in [-0.05, 0) is 73.5 Å². The van der Waals surface area contributed by atoms with Crippen LogP contribution in [0.3, 0.4) is 0 Å². The number of halogens is 3. The zero-order chi connectivity index (χ0) is 29.3. The predicted molar refractivity (Wildman–Crippen MR) is 151 cm³/mol. The first kappa shape index (κ1) is 27.9. The van der Waals surface area contributed by atoms with Crippen molar-refractivity contribution in [3.8, 4) is 22.8 Å². The lowest BCUT2D eigenvalue weighted by Crippen LogP contribution is -2.25. The third kappa shape index (κ3) is 5.81. The topological polar surface area (TPSA) is 56.6 Å². The summed E-state index contributed by atoms with van der Waals surface area (Å²) in [5, 5.41) is 5.99. The number of rotatable bonds is 7. The van der Waals surface area contributed by atoms with Crippen molar-refractivity contribution in [3.63, 3.8) is 0 Å². The highest BCUT2D eigenvalue weighted by molar-refractivity contribution is 5.95. The first-order valence-electron chi connectivity index (χ1n) is 12.9. The fourth-order valence-corrected chi connectivity index (χ4v) is 4.76. The van der Waals surface area contributed by atoms with E-state index in [2.05, 4.69) is 5.10 Å². The van der Waals surface area contributed by atoms with Gasteiger partial charge in [0.05, 0.1) is 24.9 Å². The summed E-state index contributed by atoms with van der Waals surface area (Å²) in [7, 11) is 2.92. The highest BCUT2D eigenvalue weighted by Gasteiger charge is 2.34. The number of nitrogens with zero attached hydrogens (tertiary/aromatic N) is 3. The van der Waals surface area contributed by atoms with Gasteiger partial charge in [-0.1, -0.05) is 42.0 Å². The number of fused-ring (bicyclic) bond motifs is 1. The average molecular weight is 560 g/mol. The zero-order valence-corrected chi connectivity index (χ0v) is 23.0. The summed E-state index contributed by atoms with van der Waals surface area (Å²) < 4.78 is 49.3. The third-order valence-electron chi connectivity index (χ3n) is 6.90. The number of ether oxygens (including phenoxy) is 1. The molecule has 1 heterocycles. The zero-order valence-electron chi connectivity index (χ0n) is 23.0. The van der Waals surface area contributed by atoms with Crippen LogP contribution in [0, 0.1) is 13.8 Å². The number of hydrogen-bond acceptors (Lipinski definition) is 4. The molecule has 0 N–H and O–H groups in total. The molecule has 0 aliphatic heterocycles. The summed E-state index contributed by atoms with van der Waals surface area (Å²) >= 11 is 0. The Bertz CT molecular complexity index is 1730. The third-order valence-corrected chi connectivity index (χ3v) is 6.90. The second-order valence-corrected chi connectivity index (χ2v) is 9.78. The number of aryl methyl sites for hydroxylation is 2. The van der Waals surface area contributed by atoms with Crippen molar-refractivity contribution < 1.29 is 27.5 Å². The Morgan fingerprint density at radius 3 is 2.34 bits per heavy atom. The number of hydroxylamine groups is 2. The second-order valence-electron chi connectivity index (χ2n) is 9.78. The van der Waals surface area contributed by atoms with Crippen molar-refractivity contribution in [1.82, 2.24) is 14.8 Å². The summed E-state index contributed by atoms with van der Waals surface area (Å²) in [5.74, 6) is 0.628. The van der Waals surface area contributed by atoms with E-state index < -0.39 is 11.7 Å². The molecular formula is C32H28F3N3O3. The van der Waals surface area contributed by atoms with Crippen LogP contribution in [0.25, 0.3) is 22.2 Å². The molecule has 4 aromatic carbocycles. The molecule has 6 nitrogen and oxygen atoms in total. The average Bonchev–Trinajstić information content (AvgIpc) is 3.31. The Labute approximate surface area is 235 Å². The fourth-order valence-electron chi connectivity index (χ4n) is 4.76. The van der Waals surface area contributed by atoms with Crippen molar-refractivity contribution in [1.29, 1.82) is 0 Å². The number of hydrogen-bond donors (Lipinski definition) is 0. The molecule has 0 aliphatic rings. The highest BCUT2D eigenvalue weighted by atomic mass is 19.4. The van der Waals surface area contributed by atoms with E-state index in [1.54, 1.807) is 59.3 Å². The van der Waals surface area contributed by atoms with Crippen LogP contribution in [0.5, 0.6) is 11.5 Å². The van der Waals surface area contributed by atoms with Crippen LogP contribution in [0.4, 0.5) is 13.2 Å². The first-order valence-corrected chi connectivity index (χ1v) is 12.9. The van der Waals surface area contributed by atoms with Crippen LogP contribution in [-0.4, -0.2) is 34.9 Å². The van der Waals surface area contributed by atoms with Crippen LogP contribution in [0.15, 0.2) is 84.9 Å². The molecular weight excluding hydrogens is 531 g/mol. The second kappa shape index (κ2) is 11.1. The van der Waals surface area contributed by atoms with Crippen molar-refractivity contribution in [2.45, 2.75) is 26.6 Å². The molecule has 0 bridgehead atoms. The summed E-state index contributed by atoms with van der Waals surface area (Å²) in [6.07, 6.45) is -4.54. The van der Waals surface area contributed by atoms with Crippen LogP contribution in [-0.2, 0) is 17.6 Å². The van der Waals surface area contributed by atoms with Crippen LogP contribution in [0.1, 0.15) is 32.6 Å². The molecule has 0 saturated carbocycles. The maximum absolute atomic E-state index is 13.9. The van der Waals surface area contributed by atoms with E-state index in [-0.39, 0.29) is 11.4 Å². The molecule has 0 radical (unpaired) electrons. The Hall–Kier alpha value is -4.63. The molecule has 1 aromatic heterocycles. The first-order chi connectivity index (χ1) is 19.5. The van der Waals surface area contributed by atoms with Crippen LogP contribution < -0.4 is 4.74 Å². The van der Waals surface area contributed by atoms with Gasteiger partial charge in [0.15, 0.2) is 0 Å². The van der Waals surface area contributed by atoms with Crippen molar-refractivity contribution in [2.75, 3.05) is 14.2 Å². The minimum absolute atomic E-state index is 0.0948. The van der Waals surface area contributed by atoms with E-state index in [0.29, 0.717) is 40.3 Å². The monoisotopic (exact) mass is 559 g/mol. The van der Waals surface area contributed by atoms with Crippen molar-refractivity contribution >= 4 is 16.8 Å². The molecule has 0 fully saturated rings. The van der Waals surface area contributed by atoms with E-state index in [1.807, 2.05) is 32.0 Å². The number of amides is 1. The Kier molecular flexibility index (Phi) is 7.55. The van der Waals surface area contributed by atoms with Gasteiger partial charge < -0.3 is 4.74 Å². The van der Waals surface area contributed by atoms with Gasteiger partial charge >= 0.3 is 6.18 Å². The largest absolute Gasteiger partial charge is 0.457 e. The lowest BCUT2D eigenvalue weighted by Gasteiger charge is -2.14. The van der Waals surface area contributed by atoms with Crippen LogP contribution in [0.2, 0.25) is 0 Å². The maximum atomic E-state index is 13.9. The highest BCUT2D eigenvalue weighted by Crippen LogP contribution is 2.39. The summed E-state index contributed by atoms with van der Waals surface area (Å²) in [6, 6.07) is 23.9. The fraction of sp³-hybridized carbons (Fsp3) is 0.188. The summed E-state index contributed by atoms with van der Waals surface area (Å²) in [4.78, 5) is 17.4. The number of carbonyl (C=O) groups excluding carboxylic acids is 1. The van der Waals surface area contributed by atoms with Crippen LogP contribution >= 0.6 is 0 Å². The standard InChI is InChI=1S/C32H28F3N3O3/c1-20-11-12-24(21(2)17-20)19-38-30(27-9-6-10-28(29(27)36-38)32(33,34)35)22-13-15-25(16-14-22)41-26-8-5-7-23(18-26)31(39)37(3)40-4/h5-18H,19H2,1-4H3. The van der Waals surface area contributed by atoms with Gasteiger partial charge in [0.1, 0.15) is 17.0 Å². The van der Waals surface area contributed by atoms with Crippen molar-refractivity contribution in [3.05, 3.63) is 113 Å². The Morgan fingerprint density at radius 1 is 0.927 bits per heavy atom. The Balaban J connectivity index is 1.53. The maximum Gasteiger partial charge on any atom is 0.418 e. The smallest absolute Gasteiger partial charge is 0.418 e. The van der Waals surface area contributed by atoms with E-state index >= 15 is 0 Å². The summed E-state index contributed by atoms with van der Waals surface area (Å²) in [6.45, 7) is 4.28. The van der Waals surface area contributed by atoms with E-state index in [9.17, 15) is 18.0 Å². The molecule has 0 spiro atoms. The minimum atomic E-state index is -4.54. The van der Waals surface area contributed by atoms with Gasteiger partial charge in [-0.2, -0.15) is 18.3 Å². The molecule has 9 heteroatoms. The van der Waals surface area contributed by atoms with Gasteiger partial charge in [-0.25, -0.2) is 5.06 Å². The molecule has 0 saturated heterocycles. The van der Waals surface area contributed by atoms with Gasteiger partial charge in [0, 0.05) is 23.6 Å². The number of aromatic nitrogens is 2. The molecule has 210 valence electrons. The summed E-state index contributed by atoms with van der Waals surface area (Å²) in [5.41, 5.74) is 3.90. The predicted octanol–water partition coefficient (Wildman–Crippen LogP) is 7.81. The number of benzene rings is 4. The van der Waals surface area contributed by atoms with E-state index in [0.717, 1.165) is 27.8 Å². The van der Waals surface area contributed by atoms with Gasteiger partial charge in [-0.3, -0.25) is 14.3 Å². The SMILES string of the molecule is CON(C)C(=O)c1cccc(Oc2ccc(-c3c4cccc(C(F)(F)F)c4nn3Cc3ccc(C)cc3C)cc2)c1. The van der Waals surface area contributed by atoms with E-state index in [1.165, 1.54) is 20.2 Å². The molecule has 5 aromatic rings. The minimum Gasteiger partial charge on any atom is -0.457 e. The number of carbonyl (C=O) groups is 1. The Morgan fingerprint density at radius 2 is 1.66 bits per heavy atom. The molecule has 0 unspecified atom stereocenters. The van der Waals surface area contributed by atoms with Crippen molar-refractivity contribution in [2.24, 2.45) is 0 Å². The quantitative estimate of drug-likeness (QED) is 0.191. The van der Waals surface area contributed by atoms with Gasteiger partial charge in [0.25, 0.3) is 5.91 Å². The molecule has 1 amide bonds. The molecule has 5 rings (SSSR count). The lowest BCUT2D eigenvalue weighted by molar-refractivity contribution is -0.136. The number of alkyl halides is 3.